The highest BCUT2D eigenvalue weighted by atomic mass is 16.1. The van der Waals surface area contributed by atoms with Crippen LogP contribution in [0.25, 0.3) is 0 Å². The topological polar surface area (TPSA) is 46.2 Å². The Labute approximate surface area is 267 Å². The average Bonchev–Trinajstić information content (AvgIpc) is 3.88. The first-order valence-electron chi connectivity index (χ1n) is 19.8. The summed E-state index contributed by atoms with van der Waals surface area (Å²) in [4.78, 5) is 29.6. The van der Waals surface area contributed by atoms with Crippen LogP contribution in [0.1, 0.15) is 125 Å². The summed E-state index contributed by atoms with van der Waals surface area (Å²) in [5, 5.41) is 4.38. The van der Waals surface area contributed by atoms with Gasteiger partial charge in [-0.15, -0.1) is 0 Å². The number of Topliss-reactive ketones (excluding diaryl/α,β-unsaturated/α-hetero) is 2. The molecule has 0 aromatic rings. The molecule has 0 radical (unpaired) electrons. The Balaban J connectivity index is 0.855. The van der Waals surface area contributed by atoms with Crippen LogP contribution in [-0.2, 0) is 9.59 Å². The fraction of sp³-hybridized carbons (Fsp3) is 0.951. The van der Waals surface area contributed by atoms with Gasteiger partial charge in [0.2, 0.25) is 0 Å². The largest absolute Gasteiger partial charge is 0.310 e. The Morgan fingerprint density at radius 3 is 1.16 bits per heavy atom. The monoisotopic (exact) mass is 599 g/mol. The van der Waals surface area contributed by atoms with Gasteiger partial charge in [-0.3, -0.25) is 9.59 Å². The van der Waals surface area contributed by atoms with Crippen LogP contribution in [0.4, 0.5) is 0 Å². The minimum atomic E-state index is -0.00179. The SMILES string of the molecule is CC1C2CC(C1C)C1(CCCC3(CC4CC3C(C)C4NC3C4CC(C3C)C3(CCC5(CC6CC5C(C)C6C)C3=O)C4)C1=O)C2. The second-order valence-corrected chi connectivity index (χ2v) is 20.2. The molecule has 0 aliphatic heterocycles. The fourth-order valence-electron chi connectivity index (χ4n) is 17.8. The van der Waals surface area contributed by atoms with E-state index in [0.717, 1.165) is 47.1 Å². The van der Waals surface area contributed by atoms with Crippen LogP contribution in [-0.4, -0.2) is 23.7 Å². The van der Waals surface area contributed by atoms with E-state index in [0.29, 0.717) is 59.4 Å². The van der Waals surface area contributed by atoms with Crippen molar-refractivity contribution >= 4 is 11.6 Å². The maximum absolute atomic E-state index is 14.9. The van der Waals surface area contributed by atoms with Gasteiger partial charge >= 0.3 is 0 Å². The third kappa shape index (κ3) is 2.97. The van der Waals surface area contributed by atoms with Crippen LogP contribution >= 0.6 is 0 Å². The standard InChI is InChI=1S/C41H61NO2/c1-20-22(3)30-12-26(20)16-38(30)8-7-9-39(36(38)43)18-28-14-32(39)24(5)34(28)42-35-25(6)33-15-29(35)19-41(33)11-10-40(37(41)44)17-27-13-31(40)23(4)21(27)2/h20-35,42H,7-19H2,1-6H3. The van der Waals surface area contributed by atoms with Crippen molar-refractivity contribution in [3.05, 3.63) is 0 Å². The van der Waals surface area contributed by atoms with Crippen LogP contribution in [0.5, 0.6) is 0 Å². The van der Waals surface area contributed by atoms with Crippen LogP contribution in [0.2, 0.25) is 0 Å². The van der Waals surface area contributed by atoms with Gasteiger partial charge in [0, 0.05) is 33.7 Å². The van der Waals surface area contributed by atoms with Crippen LogP contribution in [0.15, 0.2) is 0 Å². The number of carbonyl (C=O) groups is 2. The first kappa shape index (κ1) is 28.3. The lowest BCUT2D eigenvalue weighted by molar-refractivity contribution is -0.156. The van der Waals surface area contributed by atoms with Gasteiger partial charge < -0.3 is 5.32 Å². The Morgan fingerprint density at radius 2 is 0.795 bits per heavy atom. The fourth-order valence-corrected chi connectivity index (χ4v) is 17.8. The Bertz CT molecular complexity index is 1300. The van der Waals surface area contributed by atoms with Gasteiger partial charge in [-0.2, -0.15) is 0 Å². The quantitative estimate of drug-likeness (QED) is 0.347. The summed E-state index contributed by atoms with van der Waals surface area (Å²) in [6.07, 6.45) is 16.2. The van der Waals surface area contributed by atoms with Crippen molar-refractivity contribution in [1.29, 1.82) is 0 Å². The Kier molecular flexibility index (Phi) is 5.57. The summed E-state index contributed by atoms with van der Waals surface area (Å²) >= 11 is 0. The van der Waals surface area contributed by atoms with E-state index in [2.05, 4.69) is 46.9 Å². The summed E-state index contributed by atoms with van der Waals surface area (Å²) < 4.78 is 0. The van der Waals surface area contributed by atoms with Crippen molar-refractivity contribution in [3.8, 4) is 0 Å². The minimum Gasteiger partial charge on any atom is -0.310 e. The normalized spacial score (nSPS) is 66.2. The summed E-state index contributed by atoms with van der Waals surface area (Å²) in [7, 11) is 0. The van der Waals surface area contributed by atoms with Gasteiger partial charge in [0.15, 0.2) is 0 Å². The molecule has 10 saturated carbocycles. The second kappa shape index (κ2) is 8.66. The molecule has 242 valence electrons. The van der Waals surface area contributed by atoms with Crippen molar-refractivity contribution in [2.24, 2.45) is 105 Å². The molecular formula is C41H61NO2. The van der Waals surface area contributed by atoms with Crippen LogP contribution < -0.4 is 5.32 Å². The molecule has 4 spiro atoms. The Hall–Kier alpha value is -0.700. The Morgan fingerprint density at radius 1 is 0.455 bits per heavy atom. The number of ketones is 2. The van der Waals surface area contributed by atoms with Crippen molar-refractivity contribution < 1.29 is 9.59 Å². The maximum Gasteiger partial charge on any atom is 0.145 e. The molecule has 0 heterocycles. The highest BCUT2D eigenvalue weighted by Gasteiger charge is 2.74. The smallest absolute Gasteiger partial charge is 0.145 e. The van der Waals surface area contributed by atoms with Crippen LogP contribution in [0, 0.1) is 105 Å². The lowest BCUT2D eigenvalue weighted by atomic mass is 9.49. The first-order valence-corrected chi connectivity index (χ1v) is 19.8. The number of carbonyl (C=O) groups excluding carboxylic acids is 2. The summed E-state index contributed by atoms with van der Waals surface area (Å²) in [5.41, 5.74) is 0.0985. The molecule has 0 aromatic heterocycles. The number of rotatable bonds is 2. The molecule has 44 heavy (non-hydrogen) atoms. The maximum atomic E-state index is 14.9. The highest BCUT2D eigenvalue weighted by Crippen LogP contribution is 2.75. The van der Waals surface area contributed by atoms with E-state index in [1.807, 2.05) is 0 Å². The number of fused-ring (bicyclic) bond motifs is 12. The predicted octanol–water partition coefficient (Wildman–Crippen LogP) is 8.35. The van der Waals surface area contributed by atoms with E-state index in [-0.39, 0.29) is 21.7 Å². The highest BCUT2D eigenvalue weighted by molar-refractivity contribution is 5.94. The third-order valence-electron chi connectivity index (χ3n) is 19.9. The van der Waals surface area contributed by atoms with Crippen LogP contribution in [0.3, 0.4) is 0 Å². The van der Waals surface area contributed by atoms with Gasteiger partial charge in [0.25, 0.3) is 0 Å². The van der Waals surface area contributed by atoms with E-state index in [4.69, 9.17) is 0 Å². The lowest BCUT2D eigenvalue weighted by Gasteiger charge is -2.54. The number of nitrogens with one attached hydrogen (secondary N) is 1. The molecule has 3 heteroatoms. The zero-order chi connectivity index (χ0) is 30.3. The molecule has 20 unspecified atom stereocenters. The van der Waals surface area contributed by atoms with Gasteiger partial charge in [0.05, 0.1) is 0 Å². The lowest BCUT2D eigenvalue weighted by Crippen LogP contribution is -2.59. The second-order valence-electron chi connectivity index (χ2n) is 20.2. The van der Waals surface area contributed by atoms with Crippen molar-refractivity contribution in [2.45, 2.75) is 137 Å². The number of hydrogen-bond acceptors (Lipinski definition) is 3. The third-order valence-corrected chi connectivity index (χ3v) is 19.9. The summed E-state index contributed by atoms with van der Waals surface area (Å²) in [6, 6.07) is 1.16. The van der Waals surface area contributed by atoms with Crippen molar-refractivity contribution in [2.75, 3.05) is 0 Å². The van der Waals surface area contributed by atoms with Gasteiger partial charge in [-0.05, 0) is 160 Å². The van der Waals surface area contributed by atoms with E-state index in [9.17, 15) is 9.59 Å². The molecule has 3 nitrogen and oxygen atoms in total. The molecule has 0 amide bonds. The van der Waals surface area contributed by atoms with E-state index in [1.54, 1.807) is 0 Å². The molecular weight excluding hydrogens is 538 g/mol. The van der Waals surface area contributed by atoms with E-state index in [1.165, 1.54) is 83.5 Å². The molecule has 8 bridgehead atoms. The molecule has 10 aliphatic rings. The predicted molar refractivity (Wildman–Crippen MR) is 173 cm³/mol. The first-order chi connectivity index (χ1) is 21.0. The van der Waals surface area contributed by atoms with E-state index < -0.39 is 0 Å². The van der Waals surface area contributed by atoms with Gasteiger partial charge in [-0.1, -0.05) is 48.0 Å². The summed E-state index contributed by atoms with van der Waals surface area (Å²) in [5.74, 6) is 11.4. The average molecular weight is 600 g/mol. The molecule has 1 N–H and O–H groups in total. The van der Waals surface area contributed by atoms with Gasteiger partial charge in [-0.25, -0.2) is 0 Å². The molecule has 10 rings (SSSR count). The zero-order valence-corrected chi connectivity index (χ0v) is 28.7. The molecule has 0 aromatic carbocycles. The van der Waals surface area contributed by atoms with Crippen molar-refractivity contribution in [1.82, 2.24) is 5.32 Å². The van der Waals surface area contributed by atoms with E-state index >= 15 is 0 Å². The van der Waals surface area contributed by atoms with Gasteiger partial charge in [0.1, 0.15) is 11.6 Å². The molecule has 10 aliphatic carbocycles. The molecule has 10 fully saturated rings. The van der Waals surface area contributed by atoms with Crippen molar-refractivity contribution in [3.63, 3.8) is 0 Å². The minimum absolute atomic E-state index is 0.00179. The number of hydrogen-bond donors (Lipinski definition) is 1. The summed E-state index contributed by atoms with van der Waals surface area (Å²) in [6.45, 7) is 14.9. The molecule has 0 saturated heterocycles. The molecule has 20 atom stereocenters. The zero-order valence-electron chi connectivity index (χ0n) is 28.7.